The first-order valence-corrected chi connectivity index (χ1v) is 12.2. The average molecular weight is 506 g/mol. The van der Waals surface area contributed by atoms with E-state index in [-0.39, 0.29) is 18.2 Å². The van der Waals surface area contributed by atoms with Crippen LogP contribution in [0.4, 0.5) is 0 Å². The van der Waals surface area contributed by atoms with Gasteiger partial charge in [-0.15, -0.1) is 5.10 Å². The van der Waals surface area contributed by atoms with Gasteiger partial charge in [0.05, 0.1) is 37.6 Å². The van der Waals surface area contributed by atoms with Crippen molar-refractivity contribution in [3.63, 3.8) is 0 Å². The van der Waals surface area contributed by atoms with Gasteiger partial charge in [0.15, 0.2) is 16.7 Å². The van der Waals surface area contributed by atoms with E-state index in [1.807, 2.05) is 18.2 Å². The quantitative estimate of drug-likeness (QED) is 0.233. The zero-order valence-corrected chi connectivity index (χ0v) is 21.1. The molecule has 1 fully saturated rings. The highest BCUT2D eigenvalue weighted by Crippen LogP contribution is 2.35. The molecule has 186 valence electrons. The molecule has 1 saturated heterocycles. The molecule has 0 radical (unpaired) electrons. The van der Waals surface area contributed by atoms with Gasteiger partial charge in [0.25, 0.3) is 5.91 Å². The summed E-state index contributed by atoms with van der Waals surface area (Å²) in [4.78, 5) is 15.3. The zero-order valence-electron chi connectivity index (χ0n) is 20.2. The minimum atomic E-state index is -0.200. The number of thioether (sulfide) groups is 1. The van der Waals surface area contributed by atoms with Gasteiger partial charge in [-0.2, -0.15) is 5.10 Å². The number of furan rings is 1. The van der Waals surface area contributed by atoms with Crippen molar-refractivity contribution in [2.24, 2.45) is 16.1 Å². The summed E-state index contributed by atoms with van der Waals surface area (Å²) < 4.78 is 16.8. The molecule has 36 heavy (non-hydrogen) atoms. The molecule has 9 heteroatoms. The molecule has 1 aromatic heterocycles. The largest absolute Gasteiger partial charge is 0.508 e. The second-order valence-electron chi connectivity index (χ2n) is 8.42. The molecule has 3 aromatic rings. The molecule has 8 nitrogen and oxygen atoms in total. The summed E-state index contributed by atoms with van der Waals surface area (Å²) in [7, 11) is 1.59. The summed E-state index contributed by atoms with van der Waals surface area (Å²) in [5.74, 6) is 2.25. The van der Waals surface area contributed by atoms with Crippen LogP contribution in [0.15, 0.2) is 80.4 Å². The minimum Gasteiger partial charge on any atom is -0.508 e. The van der Waals surface area contributed by atoms with Crippen LogP contribution in [0.2, 0.25) is 0 Å². The molecule has 4 rings (SSSR count). The molecule has 0 saturated carbocycles. The normalized spacial score (nSPS) is 16.1. The summed E-state index contributed by atoms with van der Waals surface area (Å²) in [6.07, 6.45) is 4.92. The molecular weight excluding hydrogens is 478 g/mol. The number of phenolic OH excluding ortho intramolecular Hbond substituents is 1. The van der Waals surface area contributed by atoms with Crippen LogP contribution in [0.25, 0.3) is 6.08 Å². The van der Waals surface area contributed by atoms with E-state index >= 15 is 0 Å². The number of benzene rings is 2. The molecule has 0 aliphatic carbocycles. The molecule has 2 aromatic carbocycles. The van der Waals surface area contributed by atoms with Crippen LogP contribution in [0.5, 0.6) is 17.2 Å². The smallest absolute Gasteiger partial charge is 0.267 e. The van der Waals surface area contributed by atoms with E-state index in [2.05, 4.69) is 24.1 Å². The highest BCUT2D eigenvalue weighted by atomic mass is 32.2. The maximum Gasteiger partial charge on any atom is 0.267 e. The Morgan fingerprint density at radius 3 is 2.58 bits per heavy atom. The standard InChI is InChI=1S/C27H27N3O5S/c1-18(2)17-35-23-11-8-20(13-24(23)33-3)14-25-26(32)30(16-22-5-4-12-34-22)27(36-25)29-28-15-19-6-9-21(31)10-7-19/h4-15,18,31H,16-17H2,1-3H3/b25-14-,28-15-,29-27+. The number of phenols is 1. The van der Waals surface area contributed by atoms with Gasteiger partial charge >= 0.3 is 0 Å². The molecule has 1 N–H and O–H groups in total. The van der Waals surface area contributed by atoms with Gasteiger partial charge in [-0.1, -0.05) is 19.9 Å². The monoisotopic (exact) mass is 505 g/mol. The van der Waals surface area contributed by atoms with Crippen molar-refractivity contribution in [2.45, 2.75) is 20.4 Å². The Morgan fingerprint density at radius 2 is 1.89 bits per heavy atom. The number of carbonyl (C=O) groups is 1. The maximum atomic E-state index is 13.3. The molecule has 1 amide bonds. The van der Waals surface area contributed by atoms with Gasteiger partial charge in [-0.25, -0.2) is 0 Å². The summed E-state index contributed by atoms with van der Waals surface area (Å²) in [6, 6.07) is 15.7. The lowest BCUT2D eigenvalue weighted by atomic mass is 10.1. The first-order valence-electron chi connectivity index (χ1n) is 11.4. The van der Waals surface area contributed by atoms with Crippen LogP contribution in [-0.2, 0) is 11.3 Å². The number of amides is 1. The molecule has 2 heterocycles. The van der Waals surface area contributed by atoms with E-state index in [0.717, 1.165) is 11.1 Å². The van der Waals surface area contributed by atoms with E-state index in [4.69, 9.17) is 13.9 Å². The summed E-state index contributed by atoms with van der Waals surface area (Å²) >= 11 is 1.23. The summed E-state index contributed by atoms with van der Waals surface area (Å²) in [5, 5.41) is 18.3. The summed E-state index contributed by atoms with van der Waals surface area (Å²) in [6.45, 7) is 4.97. The third kappa shape index (κ3) is 6.37. The highest BCUT2D eigenvalue weighted by molar-refractivity contribution is 8.18. The predicted molar refractivity (Wildman–Crippen MR) is 141 cm³/mol. The van der Waals surface area contributed by atoms with Crippen molar-refractivity contribution in [1.82, 2.24) is 4.90 Å². The average Bonchev–Trinajstić information content (AvgIpc) is 3.48. The Bertz CT molecular complexity index is 1280. The molecule has 0 bridgehead atoms. The van der Waals surface area contributed by atoms with E-state index in [9.17, 15) is 9.90 Å². The van der Waals surface area contributed by atoms with Crippen molar-refractivity contribution in [2.75, 3.05) is 13.7 Å². The molecular formula is C27H27N3O5S. The van der Waals surface area contributed by atoms with Gasteiger partial charge in [0.2, 0.25) is 0 Å². The molecule has 0 spiro atoms. The minimum absolute atomic E-state index is 0.172. The van der Waals surface area contributed by atoms with Gasteiger partial charge < -0.3 is 19.0 Å². The Balaban J connectivity index is 1.59. The fraction of sp³-hybridized carbons (Fsp3) is 0.222. The molecule has 1 aliphatic rings. The lowest BCUT2D eigenvalue weighted by Crippen LogP contribution is -2.28. The third-order valence-corrected chi connectivity index (χ3v) is 6.08. The first-order chi connectivity index (χ1) is 17.4. The van der Waals surface area contributed by atoms with E-state index in [0.29, 0.717) is 39.9 Å². The topological polar surface area (TPSA) is 96.9 Å². The number of aromatic hydroxyl groups is 1. The van der Waals surface area contributed by atoms with E-state index < -0.39 is 0 Å². The van der Waals surface area contributed by atoms with Crippen molar-refractivity contribution in [1.29, 1.82) is 0 Å². The second kappa shape index (κ2) is 11.6. The third-order valence-electron chi connectivity index (χ3n) is 5.08. The number of ether oxygens (including phenoxy) is 2. The second-order valence-corrected chi connectivity index (χ2v) is 9.42. The molecule has 0 atom stereocenters. The molecule has 1 aliphatic heterocycles. The first kappa shape index (κ1) is 25.1. The SMILES string of the molecule is COc1cc(/C=C2\S/C(=N/N=C\c3ccc(O)cc3)N(Cc3ccco3)C2=O)ccc1OCC(C)C. The van der Waals surface area contributed by atoms with Crippen LogP contribution in [0.1, 0.15) is 30.7 Å². The van der Waals surface area contributed by atoms with Crippen LogP contribution in [0, 0.1) is 5.92 Å². The van der Waals surface area contributed by atoms with Crippen LogP contribution in [-0.4, -0.2) is 41.0 Å². The Morgan fingerprint density at radius 1 is 1.11 bits per heavy atom. The Labute approximate surface area is 213 Å². The van der Waals surface area contributed by atoms with Crippen LogP contribution in [0.3, 0.4) is 0 Å². The van der Waals surface area contributed by atoms with Gasteiger partial charge in [0, 0.05) is 0 Å². The number of rotatable bonds is 9. The number of nitrogens with zero attached hydrogens (tertiary/aromatic N) is 3. The van der Waals surface area contributed by atoms with Gasteiger partial charge in [-0.05, 0) is 83.4 Å². The van der Waals surface area contributed by atoms with Crippen molar-refractivity contribution in [3.8, 4) is 17.2 Å². The van der Waals surface area contributed by atoms with Crippen molar-refractivity contribution in [3.05, 3.63) is 82.7 Å². The fourth-order valence-electron chi connectivity index (χ4n) is 3.29. The predicted octanol–water partition coefficient (Wildman–Crippen LogP) is 5.54. The highest BCUT2D eigenvalue weighted by Gasteiger charge is 2.34. The van der Waals surface area contributed by atoms with Gasteiger partial charge in [0.1, 0.15) is 11.5 Å². The number of methoxy groups -OCH3 is 1. The number of hydrogen-bond acceptors (Lipinski definition) is 8. The van der Waals surface area contributed by atoms with E-state index in [1.165, 1.54) is 16.7 Å². The number of carbonyl (C=O) groups excluding carboxylic acids is 1. The summed E-state index contributed by atoms with van der Waals surface area (Å²) in [5.41, 5.74) is 1.57. The maximum absolute atomic E-state index is 13.3. The van der Waals surface area contributed by atoms with Crippen molar-refractivity contribution < 1.29 is 23.8 Å². The number of amidine groups is 1. The number of hydrogen-bond donors (Lipinski definition) is 1. The Hall–Kier alpha value is -3.98. The van der Waals surface area contributed by atoms with E-state index in [1.54, 1.807) is 62.1 Å². The lowest BCUT2D eigenvalue weighted by Gasteiger charge is -2.13. The molecule has 0 unspecified atom stereocenters. The van der Waals surface area contributed by atoms with Crippen molar-refractivity contribution >= 4 is 35.1 Å². The zero-order chi connectivity index (χ0) is 25.5. The van der Waals surface area contributed by atoms with Crippen LogP contribution < -0.4 is 9.47 Å². The Kier molecular flexibility index (Phi) is 8.12. The van der Waals surface area contributed by atoms with Crippen LogP contribution >= 0.6 is 11.8 Å². The van der Waals surface area contributed by atoms with Gasteiger partial charge in [-0.3, -0.25) is 9.69 Å². The fourth-order valence-corrected chi connectivity index (χ4v) is 4.22. The lowest BCUT2D eigenvalue weighted by molar-refractivity contribution is -0.122.